The SMILES string of the molecule is Nc1ccc(-c2cc(Cc3ccc(OC4C#C4)cc3)no2)c(N)n1. The van der Waals surface area contributed by atoms with E-state index in [1.54, 1.807) is 12.1 Å². The maximum Gasteiger partial charge on any atom is 0.220 e. The zero-order chi connectivity index (χ0) is 16.5. The summed E-state index contributed by atoms with van der Waals surface area (Å²) in [6, 6.07) is 13.1. The van der Waals surface area contributed by atoms with Crippen molar-refractivity contribution in [3.8, 4) is 28.9 Å². The van der Waals surface area contributed by atoms with Gasteiger partial charge in [0.1, 0.15) is 17.4 Å². The van der Waals surface area contributed by atoms with E-state index < -0.39 is 0 Å². The number of nitrogens with two attached hydrogens (primary N) is 2. The summed E-state index contributed by atoms with van der Waals surface area (Å²) in [5.41, 5.74) is 14.1. The van der Waals surface area contributed by atoms with E-state index in [9.17, 15) is 0 Å². The van der Waals surface area contributed by atoms with Gasteiger partial charge in [0, 0.05) is 12.5 Å². The quantitative estimate of drug-likeness (QED) is 0.700. The van der Waals surface area contributed by atoms with Gasteiger partial charge in [-0.3, -0.25) is 0 Å². The molecule has 0 fully saturated rings. The highest BCUT2D eigenvalue weighted by Gasteiger charge is 2.13. The van der Waals surface area contributed by atoms with Crippen molar-refractivity contribution in [3.05, 3.63) is 53.7 Å². The van der Waals surface area contributed by atoms with Gasteiger partial charge in [-0.15, -0.1) is 0 Å². The smallest absolute Gasteiger partial charge is 0.220 e. The van der Waals surface area contributed by atoms with E-state index in [2.05, 4.69) is 22.0 Å². The minimum Gasteiger partial charge on any atom is -0.466 e. The fraction of sp³-hybridized carbons (Fsp3) is 0.111. The van der Waals surface area contributed by atoms with Crippen LogP contribution in [0.15, 0.2) is 47.0 Å². The maximum absolute atomic E-state index is 5.87. The largest absolute Gasteiger partial charge is 0.466 e. The van der Waals surface area contributed by atoms with Gasteiger partial charge in [-0.1, -0.05) is 17.3 Å². The van der Waals surface area contributed by atoms with Gasteiger partial charge in [0.15, 0.2) is 5.76 Å². The van der Waals surface area contributed by atoms with Gasteiger partial charge < -0.3 is 20.7 Å². The van der Waals surface area contributed by atoms with Gasteiger partial charge in [0.2, 0.25) is 6.10 Å². The van der Waals surface area contributed by atoms with Gasteiger partial charge >= 0.3 is 0 Å². The van der Waals surface area contributed by atoms with E-state index in [1.165, 1.54) is 0 Å². The summed E-state index contributed by atoms with van der Waals surface area (Å²) in [6.45, 7) is 0. The van der Waals surface area contributed by atoms with Crippen molar-refractivity contribution < 1.29 is 9.26 Å². The fourth-order valence-electron chi connectivity index (χ4n) is 2.35. The molecule has 24 heavy (non-hydrogen) atoms. The van der Waals surface area contributed by atoms with Gasteiger partial charge in [0.05, 0.1) is 11.3 Å². The lowest BCUT2D eigenvalue weighted by molar-refractivity contribution is 0.332. The van der Waals surface area contributed by atoms with E-state index in [0.29, 0.717) is 29.4 Å². The third-order valence-electron chi connectivity index (χ3n) is 3.60. The summed E-state index contributed by atoms with van der Waals surface area (Å²) in [6.07, 6.45) is 0.555. The number of anilines is 2. The molecule has 0 atom stereocenters. The summed E-state index contributed by atoms with van der Waals surface area (Å²) in [5.74, 6) is 7.75. The highest BCUT2D eigenvalue weighted by molar-refractivity contribution is 5.71. The van der Waals surface area contributed by atoms with E-state index in [4.69, 9.17) is 20.7 Å². The number of pyridine rings is 1. The standard InChI is InChI=1S/C18H14N4O2/c19-17-8-7-15(18(20)21-17)16-10-12(22-24-16)9-11-1-3-13(4-2-11)23-14-5-6-14/h1-4,7-8,10,14H,9H2,(H4,19,20,21). The highest BCUT2D eigenvalue weighted by atomic mass is 16.5. The molecule has 0 radical (unpaired) electrons. The van der Waals surface area contributed by atoms with E-state index in [0.717, 1.165) is 17.0 Å². The normalized spacial score (nSPS) is 12.5. The summed E-state index contributed by atoms with van der Waals surface area (Å²) in [5, 5.41) is 4.09. The maximum atomic E-state index is 5.87. The minimum atomic E-state index is -0.0899. The molecule has 0 bridgehead atoms. The molecule has 2 heterocycles. The number of rotatable bonds is 5. The first-order chi connectivity index (χ1) is 11.7. The molecule has 0 amide bonds. The molecular weight excluding hydrogens is 304 g/mol. The molecule has 1 aliphatic carbocycles. The first kappa shape index (κ1) is 14.2. The highest BCUT2D eigenvalue weighted by Crippen LogP contribution is 2.27. The summed E-state index contributed by atoms with van der Waals surface area (Å²) in [7, 11) is 0. The number of aromatic nitrogens is 2. The first-order valence-electron chi connectivity index (χ1n) is 7.42. The molecule has 4 N–H and O–H groups in total. The monoisotopic (exact) mass is 318 g/mol. The molecule has 0 spiro atoms. The van der Waals surface area contributed by atoms with Crippen molar-refractivity contribution >= 4 is 11.6 Å². The Balaban J connectivity index is 1.48. The second kappa shape index (κ2) is 5.63. The topological polar surface area (TPSA) is 100 Å². The molecule has 0 aliphatic heterocycles. The fourth-order valence-corrected chi connectivity index (χ4v) is 2.35. The van der Waals surface area contributed by atoms with E-state index in [-0.39, 0.29) is 6.10 Å². The Morgan fingerprint density at radius 2 is 1.88 bits per heavy atom. The Morgan fingerprint density at radius 1 is 1.08 bits per heavy atom. The van der Waals surface area contributed by atoms with Crippen LogP contribution in [0.25, 0.3) is 11.3 Å². The van der Waals surface area contributed by atoms with Crippen molar-refractivity contribution in [2.45, 2.75) is 12.5 Å². The van der Waals surface area contributed by atoms with E-state index >= 15 is 0 Å². The molecule has 1 aliphatic rings. The first-order valence-corrected chi connectivity index (χ1v) is 7.42. The molecule has 0 unspecified atom stereocenters. The van der Waals surface area contributed by atoms with Gasteiger partial charge in [-0.05, 0) is 41.7 Å². The lowest BCUT2D eigenvalue weighted by atomic mass is 10.1. The van der Waals surface area contributed by atoms with Crippen LogP contribution in [0.1, 0.15) is 11.3 Å². The molecule has 6 heteroatoms. The Morgan fingerprint density at radius 3 is 2.58 bits per heavy atom. The molecule has 2 aromatic heterocycles. The summed E-state index contributed by atoms with van der Waals surface area (Å²) in [4.78, 5) is 4.03. The molecule has 4 rings (SSSR count). The van der Waals surface area contributed by atoms with Crippen LogP contribution in [0.5, 0.6) is 5.75 Å². The van der Waals surface area contributed by atoms with Crippen molar-refractivity contribution in [3.63, 3.8) is 0 Å². The third kappa shape index (κ3) is 3.01. The van der Waals surface area contributed by atoms with Crippen LogP contribution in [0, 0.1) is 11.8 Å². The summed E-state index contributed by atoms with van der Waals surface area (Å²) >= 11 is 0. The van der Waals surface area contributed by atoms with Gasteiger partial charge in [0.25, 0.3) is 0 Å². The Bertz CT molecular complexity index is 943. The average Bonchev–Trinajstić information content (AvgIpc) is 3.26. The second-order valence-corrected chi connectivity index (χ2v) is 5.46. The van der Waals surface area contributed by atoms with Crippen molar-refractivity contribution in [2.24, 2.45) is 0 Å². The zero-order valence-electron chi connectivity index (χ0n) is 12.7. The van der Waals surface area contributed by atoms with Crippen LogP contribution >= 0.6 is 0 Å². The lowest BCUT2D eigenvalue weighted by Gasteiger charge is -2.04. The van der Waals surface area contributed by atoms with E-state index in [1.807, 2.05) is 30.3 Å². The minimum absolute atomic E-state index is 0.0899. The number of nitrogens with zero attached hydrogens (tertiary/aromatic N) is 2. The number of benzene rings is 1. The van der Waals surface area contributed by atoms with Crippen molar-refractivity contribution in [1.29, 1.82) is 0 Å². The zero-order valence-corrected chi connectivity index (χ0v) is 12.7. The Labute approximate surface area is 138 Å². The molecule has 3 aromatic rings. The molecule has 6 nitrogen and oxygen atoms in total. The molecule has 1 aromatic carbocycles. The lowest BCUT2D eigenvalue weighted by Crippen LogP contribution is -2.00. The molecular formula is C18H14N4O2. The number of ether oxygens (including phenoxy) is 1. The number of hydrogen-bond acceptors (Lipinski definition) is 6. The molecule has 118 valence electrons. The Kier molecular flexibility index (Phi) is 3.32. The van der Waals surface area contributed by atoms with Crippen LogP contribution in [0.2, 0.25) is 0 Å². The average molecular weight is 318 g/mol. The van der Waals surface area contributed by atoms with Crippen LogP contribution in [0.4, 0.5) is 11.6 Å². The third-order valence-corrected chi connectivity index (χ3v) is 3.60. The predicted molar refractivity (Wildman–Crippen MR) is 90.0 cm³/mol. The molecule has 0 saturated heterocycles. The predicted octanol–water partition coefficient (Wildman–Crippen LogP) is 2.26. The van der Waals surface area contributed by atoms with Crippen LogP contribution in [0.3, 0.4) is 0 Å². The Hall–Kier alpha value is -3.46. The second-order valence-electron chi connectivity index (χ2n) is 5.46. The number of nitrogen functional groups attached to an aromatic ring is 2. The van der Waals surface area contributed by atoms with Crippen LogP contribution < -0.4 is 16.2 Å². The van der Waals surface area contributed by atoms with Crippen LogP contribution in [-0.2, 0) is 6.42 Å². The molecule has 0 saturated carbocycles. The number of hydrogen-bond donors (Lipinski definition) is 2. The van der Waals surface area contributed by atoms with Crippen molar-refractivity contribution in [1.82, 2.24) is 10.1 Å². The van der Waals surface area contributed by atoms with Crippen LogP contribution in [-0.4, -0.2) is 16.2 Å². The van der Waals surface area contributed by atoms with Crippen molar-refractivity contribution in [2.75, 3.05) is 11.5 Å². The van der Waals surface area contributed by atoms with Gasteiger partial charge in [-0.25, -0.2) is 4.98 Å². The summed E-state index contributed by atoms with van der Waals surface area (Å²) < 4.78 is 10.9. The van der Waals surface area contributed by atoms with Gasteiger partial charge in [-0.2, -0.15) is 0 Å².